The van der Waals surface area contributed by atoms with Crippen molar-refractivity contribution in [3.05, 3.63) is 40.5 Å². The van der Waals surface area contributed by atoms with Crippen LogP contribution in [-0.2, 0) is 0 Å². The fourth-order valence-electron chi connectivity index (χ4n) is 2.08. The van der Waals surface area contributed by atoms with E-state index in [-0.39, 0.29) is 0 Å². The second kappa shape index (κ2) is 5.29. The second-order valence-corrected chi connectivity index (χ2v) is 5.73. The highest BCUT2D eigenvalue weighted by molar-refractivity contribution is 9.10. The highest BCUT2D eigenvalue weighted by Gasteiger charge is 2.26. The predicted molar refractivity (Wildman–Crippen MR) is 81.3 cm³/mol. The molecule has 2 aromatic rings. The van der Waals surface area contributed by atoms with Gasteiger partial charge in [-0.3, -0.25) is 0 Å². The van der Waals surface area contributed by atoms with Crippen molar-refractivity contribution in [3.63, 3.8) is 0 Å². The highest BCUT2D eigenvalue weighted by atomic mass is 79.9. The van der Waals surface area contributed by atoms with Crippen molar-refractivity contribution in [2.75, 3.05) is 11.9 Å². The molecule has 19 heavy (non-hydrogen) atoms. The minimum atomic E-state index is 0.631. The standard InChI is InChI=1S/C15H16BrN3/c1-2-17-14-9-13(10-6-7-10)18-15(19-14)11-4-3-5-12(16)8-11/h3-5,8-10H,2,6-7H2,1H3,(H,17,18,19). The van der Waals surface area contributed by atoms with Gasteiger partial charge in [0.1, 0.15) is 5.82 Å². The van der Waals surface area contributed by atoms with Crippen molar-refractivity contribution in [1.82, 2.24) is 9.97 Å². The topological polar surface area (TPSA) is 37.8 Å². The molecule has 0 bridgehead atoms. The summed E-state index contributed by atoms with van der Waals surface area (Å²) in [6.07, 6.45) is 2.50. The summed E-state index contributed by atoms with van der Waals surface area (Å²) in [4.78, 5) is 9.32. The first-order chi connectivity index (χ1) is 9.26. The molecule has 3 rings (SSSR count). The van der Waals surface area contributed by atoms with Crippen LogP contribution in [0.2, 0.25) is 0 Å². The lowest BCUT2D eigenvalue weighted by Gasteiger charge is -2.08. The number of rotatable bonds is 4. The number of hydrogen-bond acceptors (Lipinski definition) is 3. The molecule has 0 unspecified atom stereocenters. The maximum Gasteiger partial charge on any atom is 0.161 e. The Morgan fingerprint density at radius 1 is 1.26 bits per heavy atom. The van der Waals surface area contributed by atoms with Gasteiger partial charge < -0.3 is 5.32 Å². The molecule has 0 atom stereocenters. The average Bonchev–Trinajstić information content (AvgIpc) is 3.23. The van der Waals surface area contributed by atoms with E-state index in [1.54, 1.807) is 0 Å². The molecule has 0 amide bonds. The van der Waals surface area contributed by atoms with Gasteiger partial charge in [-0.2, -0.15) is 0 Å². The second-order valence-electron chi connectivity index (χ2n) is 4.82. The van der Waals surface area contributed by atoms with Crippen LogP contribution in [0.4, 0.5) is 5.82 Å². The Labute approximate surface area is 121 Å². The maximum absolute atomic E-state index is 4.72. The van der Waals surface area contributed by atoms with E-state index < -0.39 is 0 Å². The number of hydrogen-bond donors (Lipinski definition) is 1. The zero-order valence-corrected chi connectivity index (χ0v) is 12.4. The van der Waals surface area contributed by atoms with Crippen LogP contribution in [0.1, 0.15) is 31.4 Å². The maximum atomic E-state index is 4.72. The third-order valence-corrected chi connectivity index (χ3v) is 3.68. The Morgan fingerprint density at radius 3 is 2.79 bits per heavy atom. The molecule has 1 saturated carbocycles. The Kier molecular flexibility index (Phi) is 3.51. The van der Waals surface area contributed by atoms with E-state index in [1.165, 1.54) is 18.5 Å². The van der Waals surface area contributed by atoms with E-state index in [2.05, 4.69) is 45.3 Å². The highest BCUT2D eigenvalue weighted by Crippen LogP contribution is 2.40. The summed E-state index contributed by atoms with van der Waals surface area (Å²) in [5.41, 5.74) is 2.22. The molecule has 0 saturated heterocycles. The normalized spacial score (nSPS) is 14.4. The Hall–Kier alpha value is -1.42. The molecular weight excluding hydrogens is 302 g/mol. The quantitative estimate of drug-likeness (QED) is 0.917. The third-order valence-electron chi connectivity index (χ3n) is 3.18. The summed E-state index contributed by atoms with van der Waals surface area (Å²) < 4.78 is 1.05. The van der Waals surface area contributed by atoms with Crippen LogP contribution in [0, 0.1) is 0 Å². The van der Waals surface area contributed by atoms with Crippen molar-refractivity contribution in [3.8, 4) is 11.4 Å². The molecule has 4 heteroatoms. The van der Waals surface area contributed by atoms with Gasteiger partial charge in [-0.05, 0) is 31.9 Å². The minimum Gasteiger partial charge on any atom is -0.370 e. The number of nitrogens with zero attached hydrogens (tertiary/aromatic N) is 2. The van der Waals surface area contributed by atoms with Gasteiger partial charge in [0.25, 0.3) is 0 Å². The lowest BCUT2D eigenvalue weighted by Crippen LogP contribution is -2.03. The van der Waals surface area contributed by atoms with Crippen LogP contribution in [0.3, 0.4) is 0 Å². The monoisotopic (exact) mass is 317 g/mol. The molecule has 3 nitrogen and oxygen atoms in total. The van der Waals surface area contributed by atoms with E-state index in [4.69, 9.17) is 4.98 Å². The number of nitrogens with one attached hydrogen (secondary N) is 1. The Morgan fingerprint density at radius 2 is 2.11 bits per heavy atom. The summed E-state index contributed by atoms with van der Waals surface area (Å²) in [7, 11) is 0. The molecular formula is C15H16BrN3. The fourth-order valence-corrected chi connectivity index (χ4v) is 2.48. The van der Waals surface area contributed by atoms with Crippen molar-refractivity contribution in [1.29, 1.82) is 0 Å². The summed E-state index contributed by atoms with van der Waals surface area (Å²) in [5.74, 6) is 2.36. The first-order valence-electron chi connectivity index (χ1n) is 6.65. The fraction of sp³-hybridized carbons (Fsp3) is 0.333. The van der Waals surface area contributed by atoms with Gasteiger partial charge in [-0.15, -0.1) is 0 Å². The first kappa shape index (κ1) is 12.6. The van der Waals surface area contributed by atoms with Crippen LogP contribution in [-0.4, -0.2) is 16.5 Å². The van der Waals surface area contributed by atoms with E-state index in [0.29, 0.717) is 5.92 Å². The van der Waals surface area contributed by atoms with E-state index in [9.17, 15) is 0 Å². The third kappa shape index (κ3) is 2.95. The molecule has 1 aliphatic rings. The summed E-state index contributed by atoms with van der Waals surface area (Å²) in [6, 6.07) is 10.2. The number of halogens is 1. The lowest BCUT2D eigenvalue weighted by atomic mass is 10.2. The summed E-state index contributed by atoms with van der Waals surface area (Å²) in [6.45, 7) is 2.96. The number of aromatic nitrogens is 2. The van der Waals surface area contributed by atoms with Gasteiger partial charge in [0, 0.05) is 34.3 Å². The van der Waals surface area contributed by atoms with Gasteiger partial charge in [0.05, 0.1) is 0 Å². The molecule has 1 heterocycles. The molecule has 0 radical (unpaired) electrons. The van der Waals surface area contributed by atoms with Crippen molar-refractivity contribution in [2.24, 2.45) is 0 Å². The average molecular weight is 318 g/mol. The predicted octanol–water partition coefficient (Wildman–Crippen LogP) is 4.22. The molecule has 1 aromatic heterocycles. The zero-order chi connectivity index (χ0) is 13.2. The summed E-state index contributed by atoms with van der Waals surface area (Å²) >= 11 is 3.50. The number of anilines is 1. The Balaban J connectivity index is 2.03. The molecule has 1 aromatic carbocycles. The van der Waals surface area contributed by atoms with Crippen molar-refractivity contribution < 1.29 is 0 Å². The van der Waals surface area contributed by atoms with Gasteiger partial charge in [0.15, 0.2) is 5.82 Å². The largest absolute Gasteiger partial charge is 0.370 e. The Bertz CT molecular complexity index is 594. The molecule has 1 N–H and O–H groups in total. The van der Waals surface area contributed by atoms with Gasteiger partial charge in [-0.25, -0.2) is 9.97 Å². The van der Waals surface area contributed by atoms with E-state index >= 15 is 0 Å². The molecule has 0 aliphatic heterocycles. The van der Waals surface area contributed by atoms with E-state index in [1.807, 2.05) is 18.2 Å². The molecule has 1 aliphatic carbocycles. The smallest absolute Gasteiger partial charge is 0.161 e. The van der Waals surface area contributed by atoms with Crippen LogP contribution in [0.5, 0.6) is 0 Å². The summed E-state index contributed by atoms with van der Waals surface area (Å²) in [5, 5.41) is 3.29. The minimum absolute atomic E-state index is 0.631. The molecule has 98 valence electrons. The van der Waals surface area contributed by atoms with Gasteiger partial charge in [0.2, 0.25) is 0 Å². The first-order valence-corrected chi connectivity index (χ1v) is 7.44. The van der Waals surface area contributed by atoms with Crippen LogP contribution < -0.4 is 5.32 Å². The SMILES string of the molecule is CCNc1cc(C2CC2)nc(-c2cccc(Br)c2)n1. The molecule has 0 spiro atoms. The van der Waals surface area contributed by atoms with Crippen molar-refractivity contribution in [2.45, 2.75) is 25.7 Å². The van der Waals surface area contributed by atoms with E-state index in [0.717, 1.165) is 28.2 Å². The number of benzene rings is 1. The van der Waals surface area contributed by atoms with Crippen LogP contribution in [0.15, 0.2) is 34.8 Å². The zero-order valence-electron chi connectivity index (χ0n) is 10.9. The van der Waals surface area contributed by atoms with Gasteiger partial charge >= 0.3 is 0 Å². The van der Waals surface area contributed by atoms with Crippen LogP contribution >= 0.6 is 15.9 Å². The van der Waals surface area contributed by atoms with Gasteiger partial charge in [-0.1, -0.05) is 28.1 Å². The van der Waals surface area contributed by atoms with Crippen molar-refractivity contribution >= 4 is 21.7 Å². The lowest BCUT2D eigenvalue weighted by molar-refractivity contribution is 0.988. The van der Waals surface area contributed by atoms with Crippen LogP contribution in [0.25, 0.3) is 11.4 Å². The molecule has 1 fully saturated rings.